The highest BCUT2D eigenvalue weighted by atomic mass is 32.2. The molecule has 0 aliphatic carbocycles. The van der Waals surface area contributed by atoms with E-state index in [1.54, 1.807) is 24.5 Å². The monoisotopic (exact) mass is 315 g/mol. The Morgan fingerprint density at radius 2 is 1.77 bits per heavy atom. The molecule has 2 rings (SSSR count). The van der Waals surface area contributed by atoms with E-state index < -0.39 is 10.0 Å². The topological polar surface area (TPSA) is 88.2 Å². The summed E-state index contributed by atoms with van der Waals surface area (Å²) < 4.78 is 25.9. The molecular formula is C15H13N3O3S. The van der Waals surface area contributed by atoms with E-state index in [1.165, 1.54) is 24.3 Å². The fourth-order valence-electron chi connectivity index (χ4n) is 1.64. The lowest BCUT2D eigenvalue weighted by Crippen LogP contribution is -2.24. The largest absolute Gasteiger partial charge is 0.322 e. The lowest BCUT2D eigenvalue weighted by molar-refractivity contribution is 0.102. The normalized spacial score (nSPS) is 10.7. The van der Waals surface area contributed by atoms with Crippen molar-refractivity contribution in [3.05, 3.63) is 54.4 Å². The van der Waals surface area contributed by atoms with E-state index in [2.05, 4.69) is 20.9 Å². The van der Waals surface area contributed by atoms with Crippen LogP contribution in [0.4, 0.5) is 5.69 Å². The van der Waals surface area contributed by atoms with Crippen molar-refractivity contribution in [2.24, 2.45) is 0 Å². The van der Waals surface area contributed by atoms with Crippen LogP contribution >= 0.6 is 0 Å². The van der Waals surface area contributed by atoms with Crippen LogP contribution in [0.5, 0.6) is 0 Å². The van der Waals surface area contributed by atoms with Gasteiger partial charge in [-0.15, -0.1) is 6.42 Å². The zero-order valence-electron chi connectivity index (χ0n) is 11.5. The molecule has 112 valence electrons. The van der Waals surface area contributed by atoms with Gasteiger partial charge < -0.3 is 5.32 Å². The predicted molar refractivity (Wildman–Crippen MR) is 82.7 cm³/mol. The Kier molecular flexibility index (Phi) is 4.88. The summed E-state index contributed by atoms with van der Waals surface area (Å²) in [4.78, 5) is 15.9. The Balaban J connectivity index is 2.12. The minimum absolute atomic E-state index is 0.0446. The summed E-state index contributed by atoms with van der Waals surface area (Å²) in [6.45, 7) is -0.0907. The number of benzene rings is 1. The predicted octanol–water partition coefficient (Wildman–Crippen LogP) is 1.25. The van der Waals surface area contributed by atoms with Gasteiger partial charge in [-0.1, -0.05) is 5.92 Å². The highest BCUT2D eigenvalue weighted by Crippen LogP contribution is 2.12. The van der Waals surface area contributed by atoms with E-state index in [1.807, 2.05) is 0 Å². The van der Waals surface area contributed by atoms with Gasteiger partial charge in [0.05, 0.1) is 11.4 Å². The molecule has 2 aromatic rings. The minimum atomic E-state index is -3.66. The maximum Gasteiger partial charge on any atom is 0.255 e. The molecule has 1 heterocycles. The number of aromatic nitrogens is 1. The third-order valence-electron chi connectivity index (χ3n) is 2.73. The number of hydrogen-bond acceptors (Lipinski definition) is 4. The number of carbonyl (C=O) groups is 1. The molecule has 0 radical (unpaired) electrons. The highest BCUT2D eigenvalue weighted by molar-refractivity contribution is 7.89. The van der Waals surface area contributed by atoms with Crippen LogP contribution in [0.3, 0.4) is 0 Å². The van der Waals surface area contributed by atoms with Crippen molar-refractivity contribution in [3.8, 4) is 12.3 Å². The molecule has 6 nitrogen and oxygen atoms in total. The number of nitrogens with one attached hydrogen (secondary N) is 2. The van der Waals surface area contributed by atoms with Crippen molar-refractivity contribution in [1.82, 2.24) is 9.71 Å². The van der Waals surface area contributed by atoms with E-state index >= 15 is 0 Å². The van der Waals surface area contributed by atoms with Gasteiger partial charge >= 0.3 is 0 Å². The number of pyridine rings is 1. The third-order valence-corrected chi connectivity index (χ3v) is 4.15. The number of terminal acetylenes is 1. The van der Waals surface area contributed by atoms with Crippen molar-refractivity contribution in [2.75, 3.05) is 11.9 Å². The smallest absolute Gasteiger partial charge is 0.255 e. The van der Waals surface area contributed by atoms with Crippen LogP contribution in [0.1, 0.15) is 10.4 Å². The Morgan fingerprint density at radius 3 is 2.36 bits per heavy atom. The van der Waals surface area contributed by atoms with Gasteiger partial charge in [-0.3, -0.25) is 9.78 Å². The zero-order chi connectivity index (χ0) is 16.0. The molecule has 1 aromatic heterocycles. The maximum absolute atomic E-state index is 12.0. The Bertz CT molecular complexity index is 794. The molecule has 0 saturated carbocycles. The van der Waals surface area contributed by atoms with Gasteiger partial charge in [0.25, 0.3) is 5.91 Å². The molecule has 7 heteroatoms. The molecule has 0 spiro atoms. The summed E-state index contributed by atoms with van der Waals surface area (Å²) in [5.74, 6) is 1.85. The molecule has 0 aliphatic rings. The second-order valence-electron chi connectivity index (χ2n) is 4.24. The summed E-state index contributed by atoms with van der Waals surface area (Å²) in [5.41, 5.74) is 0.945. The standard InChI is InChI=1S/C15H13N3O3S/c1-2-9-17-22(20,21)14-5-3-12(4-6-14)15(19)18-13-7-10-16-11-8-13/h1,3-8,10-11,17H,9H2,(H,16,18,19). The van der Waals surface area contributed by atoms with E-state index in [0.29, 0.717) is 11.3 Å². The van der Waals surface area contributed by atoms with E-state index in [9.17, 15) is 13.2 Å². The van der Waals surface area contributed by atoms with Gasteiger partial charge in [-0.05, 0) is 36.4 Å². The van der Waals surface area contributed by atoms with Gasteiger partial charge in [0.2, 0.25) is 10.0 Å². The molecule has 2 N–H and O–H groups in total. The first-order valence-electron chi connectivity index (χ1n) is 6.27. The third kappa shape index (κ3) is 3.91. The number of rotatable bonds is 5. The second-order valence-corrected chi connectivity index (χ2v) is 6.01. The molecule has 22 heavy (non-hydrogen) atoms. The number of carbonyl (C=O) groups excluding carboxylic acids is 1. The summed E-state index contributed by atoms with van der Waals surface area (Å²) >= 11 is 0. The van der Waals surface area contributed by atoms with Crippen LogP contribution in [0.2, 0.25) is 0 Å². The van der Waals surface area contributed by atoms with Crippen molar-refractivity contribution in [1.29, 1.82) is 0 Å². The molecule has 0 unspecified atom stereocenters. The van der Waals surface area contributed by atoms with Crippen LogP contribution in [0.25, 0.3) is 0 Å². The fourth-order valence-corrected chi connectivity index (χ4v) is 2.58. The maximum atomic E-state index is 12.0. The SMILES string of the molecule is C#CCNS(=O)(=O)c1ccc(C(=O)Nc2ccncc2)cc1. The van der Waals surface area contributed by atoms with Gasteiger partial charge in [0.15, 0.2) is 0 Å². The number of nitrogens with zero attached hydrogens (tertiary/aromatic N) is 1. The van der Waals surface area contributed by atoms with Crippen LogP contribution < -0.4 is 10.0 Å². The van der Waals surface area contributed by atoms with Crippen molar-refractivity contribution in [2.45, 2.75) is 4.90 Å². The molecule has 0 atom stereocenters. The molecule has 0 bridgehead atoms. The Morgan fingerprint density at radius 1 is 1.14 bits per heavy atom. The van der Waals surface area contributed by atoms with E-state index in [4.69, 9.17) is 6.42 Å². The highest BCUT2D eigenvalue weighted by Gasteiger charge is 2.14. The van der Waals surface area contributed by atoms with Gasteiger partial charge in [-0.2, -0.15) is 4.72 Å². The van der Waals surface area contributed by atoms with Gasteiger partial charge in [0.1, 0.15) is 0 Å². The van der Waals surface area contributed by atoms with Crippen molar-refractivity contribution < 1.29 is 13.2 Å². The first-order chi connectivity index (χ1) is 10.5. The lowest BCUT2D eigenvalue weighted by atomic mass is 10.2. The molecule has 0 aliphatic heterocycles. The van der Waals surface area contributed by atoms with Crippen LogP contribution in [0.15, 0.2) is 53.7 Å². The van der Waals surface area contributed by atoms with E-state index in [-0.39, 0.29) is 17.3 Å². The zero-order valence-corrected chi connectivity index (χ0v) is 12.3. The summed E-state index contributed by atoms with van der Waals surface area (Å²) in [7, 11) is -3.66. The quantitative estimate of drug-likeness (QED) is 0.813. The van der Waals surface area contributed by atoms with Crippen LogP contribution in [-0.4, -0.2) is 25.9 Å². The Hall–Kier alpha value is -2.69. The minimum Gasteiger partial charge on any atom is -0.322 e. The summed E-state index contributed by atoms with van der Waals surface area (Å²) in [6, 6.07) is 8.86. The van der Waals surface area contributed by atoms with Crippen LogP contribution in [0, 0.1) is 12.3 Å². The van der Waals surface area contributed by atoms with Crippen molar-refractivity contribution in [3.63, 3.8) is 0 Å². The van der Waals surface area contributed by atoms with Crippen LogP contribution in [-0.2, 0) is 10.0 Å². The lowest BCUT2D eigenvalue weighted by Gasteiger charge is -2.07. The molecule has 1 amide bonds. The molecule has 1 aromatic carbocycles. The first kappa shape index (κ1) is 15.7. The van der Waals surface area contributed by atoms with Crippen molar-refractivity contribution >= 4 is 21.6 Å². The number of hydrogen-bond donors (Lipinski definition) is 2. The second kappa shape index (κ2) is 6.85. The number of amides is 1. The average molecular weight is 315 g/mol. The average Bonchev–Trinajstić information content (AvgIpc) is 2.54. The molecule has 0 saturated heterocycles. The molecule has 0 fully saturated rings. The van der Waals surface area contributed by atoms with Gasteiger partial charge in [-0.25, -0.2) is 8.42 Å². The van der Waals surface area contributed by atoms with Gasteiger partial charge in [0, 0.05) is 23.6 Å². The fraction of sp³-hybridized carbons (Fsp3) is 0.0667. The first-order valence-corrected chi connectivity index (χ1v) is 7.76. The summed E-state index contributed by atoms with van der Waals surface area (Å²) in [6.07, 6.45) is 8.13. The number of sulfonamides is 1. The van der Waals surface area contributed by atoms with E-state index in [0.717, 1.165) is 0 Å². The number of anilines is 1. The summed E-state index contributed by atoms with van der Waals surface area (Å²) in [5, 5.41) is 2.68. The Labute approximate surface area is 128 Å². The molecular weight excluding hydrogens is 302 g/mol.